The molecule has 0 aliphatic carbocycles. The number of carbonyl (C=O) groups excluding carboxylic acids is 3. The quantitative estimate of drug-likeness (QED) is 0.0744. The van der Waals surface area contributed by atoms with Crippen LogP contribution in [-0.4, -0.2) is 119 Å². The minimum absolute atomic E-state index is 0.0238. The summed E-state index contributed by atoms with van der Waals surface area (Å²) in [5, 5.41) is 14.5. The van der Waals surface area contributed by atoms with E-state index in [-0.39, 0.29) is 72.6 Å². The Kier molecular flexibility index (Phi) is 15.3. The van der Waals surface area contributed by atoms with Crippen molar-refractivity contribution in [3.05, 3.63) is 87.7 Å². The van der Waals surface area contributed by atoms with E-state index < -0.39 is 0 Å². The van der Waals surface area contributed by atoms with Crippen LogP contribution in [-0.2, 0) is 23.8 Å². The zero-order valence-corrected chi connectivity index (χ0v) is 32.5. The second-order valence-electron chi connectivity index (χ2n) is 14.5. The van der Waals surface area contributed by atoms with Crippen LogP contribution in [0.1, 0.15) is 42.7 Å². The molecular weight excluding hydrogens is 748 g/mol. The molecule has 3 fully saturated rings. The summed E-state index contributed by atoms with van der Waals surface area (Å²) in [4.78, 5) is 63.5. The largest absolute Gasteiger partial charge is 0.492 e. The van der Waals surface area contributed by atoms with Crippen LogP contribution < -0.4 is 26.4 Å². The Bertz CT molecular complexity index is 1860. The van der Waals surface area contributed by atoms with Gasteiger partial charge in [-0.05, 0) is 70.9 Å². The summed E-state index contributed by atoms with van der Waals surface area (Å²) in [6.45, 7) is 4.67. The highest BCUT2D eigenvalue weighted by molar-refractivity contribution is 5.86. The van der Waals surface area contributed by atoms with Gasteiger partial charge < -0.3 is 50.4 Å². The van der Waals surface area contributed by atoms with Crippen molar-refractivity contribution in [2.24, 2.45) is 16.3 Å². The first kappa shape index (κ1) is 42.0. The molecule has 0 bridgehead atoms. The predicted octanol–water partition coefficient (Wildman–Crippen LogP) is 4.65. The molecule has 58 heavy (non-hydrogen) atoms. The lowest BCUT2D eigenvalue weighted by atomic mass is 9.76. The number of morpholine rings is 1. The minimum Gasteiger partial charge on any atom is -0.492 e. The highest BCUT2D eigenvalue weighted by atomic mass is 16.5. The molecule has 3 aliphatic rings. The van der Waals surface area contributed by atoms with E-state index >= 15 is 0 Å². The van der Waals surface area contributed by atoms with Crippen LogP contribution in [0.3, 0.4) is 0 Å². The third-order valence-corrected chi connectivity index (χ3v) is 10.7. The Balaban J connectivity index is 0.881. The summed E-state index contributed by atoms with van der Waals surface area (Å²) < 4.78 is 22.8. The number of rotatable bonds is 19. The van der Waals surface area contributed by atoms with Crippen LogP contribution in [0, 0.1) is 15.7 Å². The van der Waals surface area contributed by atoms with E-state index in [1.165, 1.54) is 17.7 Å². The normalized spacial score (nSPS) is 18.7. The lowest BCUT2D eigenvalue weighted by Crippen LogP contribution is -2.62. The Hall–Kier alpha value is -5.65. The van der Waals surface area contributed by atoms with Gasteiger partial charge in [-0.1, -0.05) is 42.5 Å². The van der Waals surface area contributed by atoms with Crippen molar-refractivity contribution in [2.75, 3.05) is 90.0 Å². The average Bonchev–Trinajstić information content (AvgIpc) is 3.25. The number of nitrogens with two attached hydrogens (primary N) is 1. The molecule has 2 unspecified atom stereocenters. The number of urea groups is 1. The fraction of sp³-hybridized carbons (Fsp3) is 0.488. The zero-order valence-electron chi connectivity index (χ0n) is 32.5. The van der Waals surface area contributed by atoms with E-state index in [1.54, 1.807) is 0 Å². The predicted molar refractivity (Wildman–Crippen MR) is 217 cm³/mol. The molecular formula is C41H52N8O9. The maximum atomic E-state index is 13.6. The van der Waals surface area contributed by atoms with Gasteiger partial charge in [0.15, 0.2) is 5.69 Å². The molecule has 0 radical (unpaired) electrons. The second-order valence-corrected chi connectivity index (χ2v) is 14.5. The van der Waals surface area contributed by atoms with Crippen molar-refractivity contribution < 1.29 is 33.3 Å². The number of nitroso groups, excluding NO2 is 2. The SMILES string of the molecule is Nc1c(N=O)ccc(NCCOCCOCCC(=O)NCCOc2cccc(C(c3ccccc3)C3CCN(C(=O)N4CCC5OCC(=O)N[C@@H]5C4)CC3)c2)c1N=O. The van der Waals surface area contributed by atoms with E-state index in [4.69, 9.17) is 24.7 Å². The van der Waals surface area contributed by atoms with Crippen molar-refractivity contribution in [3.63, 3.8) is 0 Å². The highest BCUT2D eigenvalue weighted by Crippen LogP contribution is 2.40. The van der Waals surface area contributed by atoms with Gasteiger partial charge in [0.05, 0.1) is 56.5 Å². The van der Waals surface area contributed by atoms with Crippen molar-refractivity contribution >= 4 is 40.6 Å². The number of carbonyl (C=O) groups is 3. The molecule has 310 valence electrons. The number of hydrogen-bond acceptors (Lipinski definition) is 13. The van der Waals surface area contributed by atoms with E-state index in [2.05, 4.69) is 62.7 Å². The van der Waals surface area contributed by atoms with Crippen LogP contribution in [0.5, 0.6) is 5.75 Å². The zero-order chi connectivity index (χ0) is 40.7. The lowest BCUT2D eigenvalue weighted by Gasteiger charge is -2.44. The van der Waals surface area contributed by atoms with Crippen molar-refractivity contribution in [2.45, 2.75) is 43.7 Å². The van der Waals surface area contributed by atoms with Gasteiger partial charge in [-0.25, -0.2) is 4.79 Å². The number of nitrogen functional groups attached to an aromatic ring is 1. The number of anilines is 2. The number of ether oxygens (including phenoxy) is 4. The molecule has 0 spiro atoms. The Morgan fingerprint density at radius 2 is 1.62 bits per heavy atom. The molecule has 4 amide bonds. The topological polar surface area (TPSA) is 216 Å². The highest BCUT2D eigenvalue weighted by Gasteiger charge is 2.39. The molecule has 3 aromatic carbocycles. The lowest BCUT2D eigenvalue weighted by molar-refractivity contribution is -0.139. The van der Waals surface area contributed by atoms with E-state index in [0.29, 0.717) is 83.7 Å². The van der Waals surface area contributed by atoms with Gasteiger partial charge in [-0.15, -0.1) is 9.81 Å². The maximum Gasteiger partial charge on any atom is 0.320 e. The number of fused-ring (bicyclic) bond motifs is 1. The van der Waals surface area contributed by atoms with Crippen molar-refractivity contribution in [3.8, 4) is 5.75 Å². The van der Waals surface area contributed by atoms with Gasteiger partial charge in [0.25, 0.3) is 0 Å². The monoisotopic (exact) mass is 800 g/mol. The molecule has 3 atom stereocenters. The first-order chi connectivity index (χ1) is 28.3. The Morgan fingerprint density at radius 1 is 0.862 bits per heavy atom. The van der Waals surface area contributed by atoms with Gasteiger partial charge in [-0.3, -0.25) is 9.59 Å². The molecule has 6 rings (SSSR count). The van der Waals surface area contributed by atoms with E-state index in [9.17, 15) is 24.2 Å². The van der Waals surface area contributed by atoms with Crippen LogP contribution in [0.15, 0.2) is 77.1 Å². The van der Waals surface area contributed by atoms with E-state index in [1.807, 2.05) is 28.0 Å². The summed E-state index contributed by atoms with van der Waals surface area (Å²) in [5.41, 5.74) is 8.27. The minimum atomic E-state index is -0.161. The summed E-state index contributed by atoms with van der Waals surface area (Å²) in [6.07, 6.45) is 2.58. The molecule has 17 nitrogen and oxygen atoms in total. The molecule has 5 N–H and O–H groups in total. The number of piperidine rings is 2. The smallest absolute Gasteiger partial charge is 0.320 e. The summed E-state index contributed by atoms with van der Waals surface area (Å²) in [6, 6.07) is 21.3. The third-order valence-electron chi connectivity index (χ3n) is 10.7. The van der Waals surface area contributed by atoms with Gasteiger partial charge in [0.1, 0.15) is 24.7 Å². The maximum absolute atomic E-state index is 13.6. The van der Waals surface area contributed by atoms with Crippen molar-refractivity contribution in [1.82, 2.24) is 20.4 Å². The van der Waals surface area contributed by atoms with Gasteiger partial charge in [0, 0.05) is 45.1 Å². The standard InChI is InChI=1S/C41H52N8O9/c42-39-32(46-53)9-10-33(40(39)47-54)43-15-21-56-24-23-55-20-14-36(50)44-16-22-57-31-8-4-7-30(25-31)38(28-5-2-1-3-6-28)29-11-17-48(18-12-29)41(52)49-19-13-35-34(26-49)45-37(51)27-58-35/h1-10,25,29,34-35,38,43H,11-24,26-27,42H2,(H,44,50)(H,45,51)/t34-,35?,38?/m1/s1. The third kappa shape index (κ3) is 11.3. The molecule has 17 heteroatoms. The Labute approximate surface area is 337 Å². The van der Waals surface area contributed by atoms with Gasteiger partial charge in [0.2, 0.25) is 11.8 Å². The number of likely N-dealkylation sites (tertiary alicyclic amines) is 2. The number of hydrogen-bond donors (Lipinski definition) is 4. The average molecular weight is 801 g/mol. The number of nitrogens with zero attached hydrogens (tertiary/aromatic N) is 4. The fourth-order valence-corrected chi connectivity index (χ4v) is 7.80. The van der Waals surface area contributed by atoms with E-state index in [0.717, 1.165) is 24.2 Å². The van der Waals surface area contributed by atoms with Crippen LogP contribution in [0.4, 0.5) is 27.5 Å². The molecule has 0 aromatic heterocycles. The first-order valence-electron chi connectivity index (χ1n) is 19.8. The Morgan fingerprint density at radius 3 is 2.40 bits per heavy atom. The van der Waals surface area contributed by atoms with Gasteiger partial charge in [-0.2, -0.15) is 0 Å². The second kappa shape index (κ2) is 21.2. The number of nitrogens with one attached hydrogen (secondary N) is 3. The van der Waals surface area contributed by atoms with Crippen LogP contribution >= 0.6 is 0 Å². The molecule has 3 aliphatic heterocycles. The summed E-state index contributed by atoms with van der Waals surface area (Å²) in [5.74, 6) is 0.878. The van der Waals surface area contributed by atoms with Crippen molar-refractivity contribution in [1.29, 1.82) is 0 Å². The molecule has 3 saturated heterocycles. The van der Waals surface area contributed by atoms with Crippen LogP contribution in [0.2, 0.25) is 0 Å². The molecule has 0 saturated carbocycles. The van der Waals surface area contributed by atoms with Gasteiger partial charge >= 0.3 is 6.03 Å². The molecule has 3 aromatic rings. The summed E-state index contributed by atoms with van der Waals surface area (Å²) in [7, 11) is 0. The van der Waals surface area contributed by atoms with Crippen LogP contribution in [0.25, 0.3) is 0 Å². The molecule has 3 heterocycles. The number of amides is 4. The number of benzene rings is 3. The first-order valence-corrected chi connectivity index (χ1v) is 19.8. The fourth-order valence-electron chi connectivity index (χ4n) is 7.80. The summed E-state index contributed by atoms with van der Waals surface area (Å²) >= 11 is 0.